The van der Waals surface area contributed by atoms with Crippen molar-refractivity contribution in [2.24, 2.45) is 5.92 Å². The zero-order valence-corrected chi connectivity index (χ0v) is 11.0. The molecule has 1 aromatic heterocycles. The standard InChI is InChI=1S/C14H18N2O3/c1-8(2)11(7-17)16-14(18)13-6-9-5-10(15)3-4-12(9)19-13/h3-6,8,11,17H,7,15H2,1-2H3,(H,16,18)/t11-/m1/s1. The highest BCUT2D eigenvalue weighted by Gasteiger charge is 2.19. The first-order chi connectivity index (χ1) is 9.01. The van der Waals surface area contributed by atoms with Crippen LogP contribution in [0.25, 0.3) is 11.0 Å². The number of nitrogens with two attached hydrogens (primary N) is 1. The van der Waals surface area contributed by atoms with E-state index < -0.39 is 0 Å². The van der Waals surface area contributed by atoms with Crippen LogP contribution in [0.2, 0.25) is 0 Å². The summed E-state index contributed by atoms with van der Waals surface area (Å²) < 4.78 is 5.46. The molecule has 1 heterocycles. The zero-order valence-electron chi connectivity index (χ0n) is 11.0. The van der Waals surface area contributed by atoms with Crippen LogP contribution in [0.1, 0.15) is 24.4 Å². The van der Waals surface area contributed by atoms with Crippen molar-refractivity contribution < 1.29 is 14.3 Å². The van der Waals surface area contributed by atoms with Crippen LogP contribution in [-0.2, 0) is 0 Å². The molecule has 19 heavy (non-hydrogen) atoms. The molecular formula is C14H18N2O3. The van der Waals surface area contributed by atoms with Crippen LogP contribution in [0.4, 0.5) is 5.69 Å². The second-order valence-corrected chi connectivity index (χ2v) is 4.91. The molecule has 5 nitrogen and oxygen atoms in total. The van der Waals surface area contributed by atoms with Crippen LogP contribution in [0.15, 0.2) is 28.7 Å². The number of anilines is 1. The average Bonchev–Trinajstić information content (AvgIpc) is 2.78. The number of furan rings is 1. The van der Waals surface area contributed by atoms with Gasteiger partial charge in [0.2, 0.25) is 0 Å². The fourth-order valence-corrected chi connectivity index (χ4v) is 1.84. The van der Waals surface area contributed by atoms with Gasteiger partial charge in [0.15, 0.2) is 5.76 Å². The van der Waals surface area contributed by atoms with E-state index >= 15 is 0 Å². The lowest BCUT2D eigenvalue weighted by atomic mass is 10.1. The van der Waals surface area contributed by atoms with Gasteiger partial charge in [-0.2, -0.15) is 0 Å². The lowest BCUT2D eigenvalue weighted by Gasteiger charge is -2.18. The van der Waals surface area contributed by atoms with Crippen LogP contribution < -0.4 is 11.1 Å². The van der Waals surface area contributed by atoms with E-state index in [1.54, 1.807) is 24.3 Å². The summed E-state index contributed by atoms with van der Waals surface area (Å²) in [5.41, 5.74) is 6.91. The van der Waals surface area contributed by atoms with Crippen molar-refractivity contribution in [1.82, 2.24) is 5.32 Å². The van der Waals surface area contributed by atoms with Gasteiger partial charge in [-0.25, -0.2) is 0 Å². The van der Waals surface area contributed by atoms with E-state index in [1.165, 1.54) is 0 Å². The number of amides is 1. The lowest BCUT2D eigenvalue weighted by Crippen LogP contribution is -2.40. The molecule has 0 saturated heterocycles. The molecule has 0 aliphatic carbocycles. The second-order valence-electron chi connectivity index (χ2n) is 4.91. The fourth-order valence-electron chi connectivity index (χ4n) is 1.84. The summed E-state index contributed by atoms with van der Waals surface area (Å²) >= 11 is 0. The number of carbonyl (C=O) groups excluding carboxylic acids is 1. The highest BCUT2D eigenvalue weighted by molar-refractivity contribution is 5.96. The largest absolute Gasteiger partial charge is 0.451 e. The lowest BCUT2D eigenvalue weighted by molar-refractivity contribution is 0.0871. The van der Waals surface area contributed by atoms with Crippen molar-refractivity contribution in [3.63, 3.8) is 0 Å². The summed E-state index contributed by atoms with van der Waals surface area (Å²) in [6.45, 7) is 3.76. The zero-order chi connectivity index (χ0) is 14.0. The molecule has 0 fully saturated rings. The van der Waals surface area contributed by atoms with Crippen molar-refractivity contribution in [2.75, 3.05) is 12.3 Å². The molecule has 2 rings (SSSR count). The average molecular weight is 262 g/mol. The van der Waals surface area contributed by atoms with Crippen LogP contribution >= 0.6 is 0 Å². The number of carbonyl (C=O) groups is 1. The quantitative estimate of drug-likeness (QED) is 0.732. The molecule has 0 radical (unpaired) electrons. The first-order valence-corrected chi connectivity index (χ1v) is 6.22. The minimum absolute atomic E-state index is 0.101. The third kappa shape index (κ3) is 2.88. The number of aliphatic hydroxyl groups excluding tert-OH is 1. The van der Waals surface area contributed by atoms with Gasteiger partial charge in [0, 0.05) is 11.1 Å². The third-order valence-corrected chi connectivity index (χ3v) is 3.08. The molecule has 2 aromatic rings. The van der Waals surface area contributed by atoms with Crippen LogP contribution in [0.3, 0.4) is 0 Å². The van der Waals surface area contributed by atoms with E-state index in [0.717, 1.165) is 5.39 Å². The molecule has 1 amide bonds. The Morgan fingerprint density at radius 2 is 2.16 bits per heavy atom. The molecule has 0 unspecified atom stereocenters. The molecule has 0 bridgehead atoms. The Kier molecular flexibility index (Phi) is 3.76. The van der Waals surface area contributed by atoms with E-state index in [1.807, 2.05) is 13.8 Å². The van der Waals surface area contributed by atoms with Crippen molar-refractivity contribution in [2.45, 2.75) is 19.9 Å². The molecular weight excluding hydrogens is 244 g/mol. The molecule has 4 N–H and O–H groups in total. The minimum Gasteiger partial charge on any atom is -0.451 e. The monoisotopic (exact) mass is 262 g/mol. The maximum absolute atomic E-state index is 12.0. The summed E-state index contributed by atoms with van der Waals surface area (Å²) in [6.07, 6.45) is 0. The summed E-state index contributed by atoms with van der Waals surface area (Å²) in [5.74, 6) is 0.0381. The predicted octanol–water partition coefficient (Wildman–Crippen LogP) is 1.76. The smallest absolute Gasteiger partial charge is 0.287 e. The molecule has 102 valence electrons. The Balaban J connectivity index is 2.21. The van der Waals surface area contributed by atoms with E-state index in [0.29, 0.717) is 11.3 Å². The molecule has 0 aliphatic rings. The minimum atomic E-state index is -0.331. The molecule has 0 spiro atoms. The van der Waals surface area contributed by atoms with E-state index in [4.69, 9.17) is 10.2 Å². The van der Waals surface area contributed by atoms with E-state index in [9.17, 15) is 9.90 Å². The molecule has 1 atom stereocenters. The first kappa shape index (κ1) is 13.4. The Morgan fingerprint density at radius 1 is 1.42 bits per heavy atom. The molecule has 1 aromatic carbocycles. The van der Waals surface area contributed by atoms with Gasteiger partial charge < -0.3 is 20.6 Å². The summed E-state index contributed by atoms with van der Waals surface area (Å²) in [7, 11) is 0. The molecule has 5 heteroatoms. The van der Waals surface area contributed by atoms with Crippen LogP contribution in [0, 0.1) is 5.92 Å². The number of fused-ring (bicyclic) bond motifs is 1. The SMILES string of the molecule is CC(C)[C@@H](CO)NC(=O)c1cc2cc(N)ccc2o1. The Hall–Kier alpha value is -2.01. The second kappa shape index (κ2) is 5.32. The van der Waals surface area contributed by atoms with Crippen molar-refractivity contribution in [3.05, 3.63) is 30.0 Å². The van der Waals surface area contributed by atoms with Gasteiger partial charge in [0.25, 0.3) is 5.91 Å². The van der Waals surface area contributed by atoms with Crippen molar-refractivity contribution in [3.8, 4) is 0 Å². The topological polar surface area (TPSA) is 88.5 Å². The Morgan fingerprint density at radius 3 is 2.79 bits per heavy atom. The van der Waals surface area contributed by atoms with Crippen LogP contribution in [0.5, 0.6) is 0 Å². The number of hydrogen-bond acceptors (Lipinski definition) is 4. The molecule has 0 saturated carbocycles. The van der Waals surface area contributed by atoms with Gasteiger partial charge >= 0.3 is 0 Å². The maximum atomic E-state index is 12.0. The maximum Gasteiger partial charge on any atom is 0.287 e. The number of nitrogen functional groups attached to an aromatic ring is 1. The van der Waals surface area contributed by atoms with Crippen molar-refractivity contribution in [1.29, 1.82) is 0 Å². The number of rotatable bonds is 4. The summed E-state index contributed by atoms with van der Waals surface area (Å²) in [6, 6.07) is 6.56. The fraction of sp³-hybridized carbons (Fsp3) is 0.357. The number of nitrogens with one attached hydrogen (secondary N) is 1. The van der Waals surface area contributed by atoms with Crippen molar-refractivity contribution >= 4 is 22.6 Å². The van der Waals surface area contributed by atoms with E-state index in [-0.39, 0.29) is 30.2 Å². The van der Waals surface area contributed by atoms with Gasteiger partial charge in [-0.05, 0) is 30.2 Å². The van der Waals surface area contributed by atoms with Gasteiger partial charge in [0.05, 0.1) is 12.6 Å². The highest BCUT2D eigenvalue weighted by atomic mass is 16.3. The Bertz CT molecular complexity index is 589. The van der Waals surface area contributed by atoms with Gasteiger partial charge in [0.1, 0.15) is 5.58 Å². The third-order valence-electron chi connectivity index (χ3n) is 3.08. The number of benzene rings is 1. The molecule has 0 aliphatic heterocycles. The van der Waals surface area contributed by atoms with Crippen LogP contribution in [-0.4, -0.2) is 23.7 Å². The van der Waals surface area contributed by atoms with Gasteiger partial charge in [-0.15, -0.1) is 0 Å². The van der Waals surface area contributed by atoms with Gasteiger partial charge in [-0.3, -0.25) is 4.79 Å². The van der Waals surface area contributed by atoms with E-state index in [2.05, 4.69) is 5.32 Å². The predicted molar refractivity (Wildman–Crippen MR) is 73.8 cm³/mol. The first-order valence-electron chi connectivity index (χ1n) is 6.22. The van der Waals surface area contributed by atoms with Gasteiger partial charge in [-0.1, -0.05) is 13.8 Å². The number of hydrogen-bond donors (Lipinski definition) is 3. The Labute approximate surface area is 111 Å². The normalized spacial score (nSPS) is 12.8. The summed E-state index contributed by atoms with van der Waals surface area (Å²) in [4.78, 5) is 12.0. The number of aliphatic hydroxyl groups is 1. The summed E-state index contributed by atoms with van der Waals surface area (Å²) in [5, 5.41) is 12.7. The highest BCUT2D eigenvalue weighted by Crippen LogP contribution is 2.21.